The van der Waals surface area contributed by atoms with Crippen LogP contribution in [0.3, 0.4) is 0 Å². The summed E-state index contributed by atoms with van der Waals surface area (Å²) in [5, 5.41) is 5.90. The van der Waals surface area contributed by atoms with E-state index in [0.29, 0.717) is 13.0 Å². The number of alkyl carbamates (subject to hydrolysis) is 1. The van der Waals surface area contributed by atoms with Crippen molar-refractivity contribution < 1.29 is 19.1 Å². The summed E-state index contributed by atoms with van der Waals surface area (Å²) < 4.78 is 5.46. The van der Waals surface area contributed by atoms with Crippen molar-refractivity contribution in [1.29, 1.82) is 0 Å². The third-order valence-corrected chi connectivity index (χ3v) is 6.23. The van der Waals surface area contributed by atoms with Crippen molar-refractivity contribution in [3.05, 3.63) is 34.9 Å². The normalized spacial score (nSPS) is 15.2. The molecule has 0 heterocycles. The first kappa shape index (κ1) is 29.7. The highest BCUT2D eigenvalue weighted by molar-refractivity contribution is 5.92. The largest absolute Gasteiger partial charge is 0.444 e. The number of benzene rings is 1. The molecule has 0 spiro atoms. The van der Waals surface area contributed by atoms with Crippen molar-refractivity contribution in [1.82, 2.24) is 15.5 Å². The van der Waals surface area contributed by atoms with E-state index in [0.717, 1.165) is 48.8 Å². The maximum Gasteiger partial charge on any atom is 0.408 e. The Balaban J connectivity index is 2.44. The first-order valence-corrected chi connectivity index (χ1v) is 13.5. The monoisotopic (exact) mass is 501 g/mol. The molecule has 1 aromatic carbocycles. The van der Waals surface area contributed by atoms with Gasteiger partial charge in [0.05, 0.1) is 0 Å². The van der Waals surface area contributed by atoms with E-state index in [1.165, 1.54) is 0 Å². The molecule has 2 N–H and O–H groups in total. The van der Waals surface area contributed by atoms with E-state index in [9.17, 15) is 14.4 Å². The zero-order valence-corrected chi connectivity index (χ0v) is 23.6. The van der Waals surface area contributed by atoms with Gasteiger partial charge < -0.3 is 20.3 Å². The Morgan fingerprint density at radius 2 is 1.78 bits per heavy atom. The fourth-order valence-electron chi connectivity index (χ4n) is 4.35. The van der Waals surface area contributed by atoms with E-state index in [4.69, 9.17) is 4.74 Å². The lowest BCUT2D eigenvalue weighted by Crippen LogP contribution is -2.54. The quantitative estimate of drug-likeness (QED) is 0.366. The molecule has 0 aromatic heterocycles. The molecular weight excluding hydrogens is 454 g/mol. The lowest BCUT2D eigenvalue weighted by molar-refractivity contribution is -0.143. The average molecular weight is 502 g/mol. The fraction of sp³-hybridized carbons (Fsp3) is 0.690. The van der Waals surface area contributed by atoms with Crippen LogP contribution in [0.5, 0.6) is 0 Å². The minimum Gasteiger partial charge on any atom is -0.444 e. The molecule has 2 unspecified atom stereocenters. The maximum absolute atomic E-state index is 14.1. The van der Waals surface area contributed by atoms with E-state index in [-0.39, 0.29) is 23.8 Å². The van der Waals surface area contributed by atoms with Crippen LogP contribution in [0.25, 0.3) is 0 Å². The molecule has 36 heavy (non-hydrogen) atoms. The number of aryl methyl sites for hydroxylation is 2. The van der Waals surface area contributed by atoms with Crippen molar-refractivity contribution in [2.75, 3.05) is 6.54 Å². The summed E-state index contributed by atoms with van der Waals surface area (Å²) in [5.74, 6) is -0.232. The molecule has 1 aliphatic carbocycles. The molecule has 7 heteroatoms. The van der Waals surface area contributed by atoms with Crippen LogP contribution < -0.4 is 10.6 Å². The Kier molecular flexibility index (Phi) is 10.8. The Labute approximate surface area is 217 Å². The zero-order valence-electron chi connectivity index (χ0n) is 23.6. The highest BCUT2D eigenvalue weighted by atomic mass is 16.6. The number of unbranched alkanes of at least 4 members (excludes halogenated alkanes) is 2. The van der Waals surface area contributed by atoms with Gasteiger partial charge in [0.1, 0.15) is 17.7 Å². The number of carbonyl (C=O) groups is 3. The molecular formula is C29H47N3O4. The van der Waals surface area contributed by atoms with Gasteiger partial charge in [-0.2, -0.15) is 0 Å². The minimum atomic E-state index is -0.777. The molecule has 1 saturated carbocycles. The van der Waals surface area contributed by atoms with Crippen LogP contribution >= 0.6 is 0 Å². The Bertz CT molecular complexity index is 902. The van der Waals surface area contributed by atoms with Crippen LogP contribution in [0.4, 0.5) is 4.79 Å². The summed E-state index contributed by atoms with van der Waals surface area (Å²) in [7, 11) is 0. The average Bonchev–Trinajstić information content (AvgIpc) is 3.59. The molecule has 7 nitrogen and oxygen atoms in total. The van der Waals surface area contributed by atoms with Crippen LogP contribution in [0.2, 0.25) is 0 Å². The van der Waals surface area contributed by atoms with E-state index < -0.39 is 23.8 Å². The Morgan fingerprint density at radius 3 is 2.33 bits per heavy atom. The van der Waals surface area contributed by atoms with Gasteiger partial charge in [-0.3, -0.25) is 9.59 Å². The van der Waals surface area contributed by atoms with Crippen molar-refractivity contribution in [2.24, 2.45) is 5.92 Å². The van der Waals surface area contributed by atoms with Crippen molar-refractivity contribution in [3.63, 3.8) is 0 Å². The van der Waals surface area contributed by atoms with E-state index in [1.54, 1.807) is 25.7 Å². The molecule has 1 fully saturated rings. The second-order valence-electron chi connectivity index (χ2n) is 11.6. The van der Waals surface area contributed by atoms with Crippen LogP contribution in [0.15, 0.2) is 18.2 Å². The van der Waals surface area contributed by atoms with Crippen molar-refractivity contribution >= 4 is 17.9 Å². The number of nitrogens with one attached hydrogen (secondary N) is 2. The summed E-state index contributed by atoms with van der Waals surface area (Å²) in [6.45, 7) is 16.1. The van der Waals surface area contributed by atoms with Crippen LogP contribution in [-0.2, 0) is 14.3 Å². The predicted octanol–water partition coefficient (Wildman–Crippen LogP) is 5.58. The molecule has 3 amide bonds. The molecule has 1 aromatic rings. The summed E-state index contributed by atoms with van der Waals surface area (Å²) in [6, 6.07) is 4.47. The molecule has 0 aliphatic heterocycles. The second-order valence-corrected chi connectivity index (χ2v) is 11.6. The first-order chi connectivity index (χ1) is 16.8. The Hall–Kier alpha value is -2.57. The molecule has 0 bridgehead atoms. The van der Waals surface area contributed by atoms with Gasteiger partial charge in [0.25, 0.3) is 0 Å². The third kappa shape index (κ3) is 9.14. The van der Waals surface area contributed by atoms with Gasteiger partial charge in [0.2, 0.25) is 11.8 Å². The van der Waals surface area contributed by atoms with Gasteiger partial charge >= 0.3 is 6.09 Å². The third-order valence-electron chi connectivity index (χ3n) is 6.23. The minimum absolute atomic E-state index is 0.0288. The van der Waals surface area contributed by atoms with Crippen LogP contribution in [0.1, 0.15) is 103 Å². The fourth-order valence-corrected chi connectivity index (χ4v) is 4.35. The van der Waals surface area contributed by atoms with E-state index in [1.807, 2.05) is 45.9 Å². The predicted molar refractivity (Wildman–Crippen MR) is 144 cm³/mol. The van der Waals surface area contributed by atoms with Gasteiger partial charge in [-0.05, 0) is 77.3 Å². The number of rotatable bonds is 12. The molecule has 202 valence electrons. The van der Waals surface area contributed by atoms with Gasteiger partial charge in [0, 0.05) is 12.6 Å². The maximum atomic E-state index is 14.1. The van der Waals surface area contributed by atoms with Gasteiger partial charge in [-0.15, -0.1) is 0 Å². The van der Waals surface area contributed by atoms with Gasteiger partial charge in [-0.25, -0.2) is 4.79 Å². The topological polar surface area (TPSA) is 87.7 Å². The molecule has 0 radical (unpaired) electrons. The molecule has 2 atom stereocenters. The number of ether oxygens (including phenoxy) is 1. The Morgan fingerprint density at radius 1 is 1.11 bits per heavy atom. The SMILES string of the molecule is CCCCCNC(=O)C(c1cc(C)ccc1C)N(C(=O)C(CC(C)C)NC(=O)OC(C)(C)C)C1CC1. The van der Waals surface area contributed by atoms with Crippen molar-refractivity contribution in [2.45, 2.75) is 118 Å². The molecule has 1 aliphatic rings. The summed E-state index contributed by atoms with van der Waals surface area (Å²) in [4.78, 5) is 42.2. The smallest absolute Gasteiger partial charge is 0.408 e. The van der Waals surface area contributed by atoms with E-state index >= 15 is 0 Å². The van der Waals surface area contributed by atoms with Gasteiger partial charge in [0.15, 0.2) is 0 Å². The number of amides is 3. The lowest BCUT2D eigenvalue weighted by atomic mass is 9.95. The highest BCUT2D eigenvalue weighted by Crippen LogP contribution is 2.37. The standard InChI is InChI=1S/C29H47N3O4/c1-9-10-11-16-30-26(33)25(23-18-20(4)12-13-21(23)5)32(22-14-15-22)27(34)24(17-19(2)3)31-28(35)36-29(6,7)8/h12-13,18-19,22,24-25H,9-11,14-17H2,1-8H3,(H,30,33)(H,31,35). The number of hydrogen-bond donors (Lipinski definition) is 2. The van der Waals surface area contributed by atoms with Crippen LogP contribution in [0, 0.1) is 19.8 Å². The van der Waals surface area contributed by atoms with E-state index in [2.05, 4.69) is 17.6 Å². The summed E-state index contributed by atoms with van der Waals surface area (Å²) in [5.41, 5.74) is 2.16. The van der Waals surface area contributed by atoms with Crippen LogP contribution in [-0.4, -0.2) is 47.0 Å². The van der Waals surface area contributed by atoms with Gasteiger partial charge in [-0.1, -0.05) is 57.4 Å². The lowest BCUT2D eigenvalue weighted by Gasteiger charge is -2.36. The second kappa shape index (κ2) is 13.1. The van der Waals surface area contributed by atoms with Crippen molar-refractivity contribution in [3.8, 4) is 0 Å². The summed E-state index contributed by atoms with van der Waals surface area (Å²) in [6.07, 6.45) is 4.53. The summed E-state index contributed by atoms with van der Waals surface area (Å²) >= 11 is 0. The molecule has 2 rings (SSSR count). The molecule has 0 saturated heterocycles. The zero-order chi connectivity index (χ0) is 27.0. The number of nitrogens with zero attached hydrogens (tertiary/aromatic N) is 1. The highest BCUT2D eigenvalue weighted by Gasteiger charge is 2.44. The number of hydrogen-bond acceptors (Lipinski definition) is 4. The first-order valence-electron chi connectivity index (χ1n) is 13.5. The number of carbonyl (C=O) groups excluding carboxylic acids is 3.